The normalized spacial score (nSPS) is 15.2. The van der Waals surface area contributed by atoms with Gasteiger partial charge in [0.2, 0.25) is 0 Å². The Hall–Kier alpha value is -2.08. The van der Waals surface area contributed by atoms with Crippen molar-refractivity contribution >= 4 is 35.8 Å². The molecule has 2 N–H and O–H groups in total. The topological polar surface area (TPSA) is 61.8 Å². The first-order valence-corrected chi connectivity index (χ1v) is 10.9. The van der Waals surface area contributed by atoms with E-state index >= 15 is 0 Å². The maximum absolute atomic E-state index is 12.3. The largest absolute Gasteiger partial charge is 0.411 e. The number of hydrogen-bond donors (Lipinski definition) is 2. The zero-order valence-electron chi connectivity index (χ0n) is 18.6. The Labute approximate surface area is 210 Å². The Morgan fingerprint density at radius 2 is 1.91 bits per heavy atom. The van der Waals surface area contributed by atoms with Crippen LogP contribution in [0.15, 0.2) is 53.7 Å². The minimum atomic E-state index is -4.32. The van der Waals surface area contributed by atoms with Crippen molar-refractivity contribution in [1.29, 1.82) is 0 Å². The van der Waals surface area contributed by atoms with Crippen LogP contribution in [0.5, 0.6) is 0 Å². The van der Waals surface area contributed by atoms with E-state index in [9.17, 15) is 13.2 Å². The van der Waals surface area contributed by atoms with Crippen LogP contribution < -0.4 is 15.5 Å². The average molecular weight is 577 g/mol. The Bertz CT molecular complexity index is 859. The molecule has 0 radical (unpaired) electrons. The molecule has 1 aliphatic heterocycles. The van der Waals surface area contributed by atoms with E-state index in [1.54, 1.807) is 6.07 Å². The second kappa shape index (κ2) is 13.6. The minimum Gasteiger partial charge on any atom is -0.367 e. The molecule has 2 heterocycles. The molecule has 2 aromatic rings. The summed E-state index contributed by atoms with van der Waals surface area (Å²) in [6.07, 6.45) is -0.546. The van der Waals surface area contributed by atoms with Gasteiger partial charge in [-0.3, -0.25) is 0 Å². The first kappa shape index (κ1) is 27.2. The van der Waals surface area contributed by atoms with Gasteiger partial charge in [0.1, 0.15) is 12.4 Å². The SMILES string of the molecule is CCNC(=NCc1cccc(COCC(F)(F)F)c1)NC1CCN(c2ccccn2)CC1.I. The van der Waals surface area contributed by atoms with Gasteiger partial charge in [0.15, 0.2) is 5.96 Å². The summed E-state index contributed by atoms with van der Waals surface area (Å²) < 4.78 is 41.5. The smallest absolute Gasteiger partial charge is 0.367 e. The first-order valence-electron chi connectivity index (χ1n) is 10.9. The predicted octanol–water partition coefficient (Wildman–Crippen LogP) is 4.50. The molecule has 0 spiro atoms. The number of aliphatic imine (C=N–C) groups is 1. The van der Waals surface area contributed by atoms with Gasteiger partial charge in [-0.15, -0.1) is 24.0 Å². The number of anilines is 1. The van der Waals surface area contributed by atoms with Crippen molar-refractivity contribution in [2.75, 3.05) is 31.1 Å². The van der Waals surface area contributed by atoms with E-state index in [-0.39, 0.29) is 30.6 Å². The van der Waals surface area contributed by atoms with Crippen molar-refractivity contribution in [2.24, 2.45) is 4.99 Å². The highest BCUT2D eigenvalue weighted by atomic mass is 127. The molecule has 6 nitrogen and oxygen atoms in total. The quantitative estimate of drug-likeness (QED) is 0.275. The number of ether oxygens (including phenoxy) is 1. The number of benzene rings is 1. The fourth-order valence-electron chi connectivity index (χ4n) is 3.58. The number of pyridine rings is 1. The summed E-state index contributed by atoms with van der Waals surface area (Å²) in [6.45, 7) is 3.70. The van der Waals surface area contributed by atoms with Crippen molar-refractivity contribution in [3.05, 3.63) is 59.8 Å². The predicted molar refractivity (Wildman–Crippen MR) is 135 cm³/mol. The van der Waals surface area contributed by atoms with Crippen LogP contribution in [0.1, 0.15) is 30.9 Å². The number of aromatic nitrogens is 1. The molecule has 0 bridgehead atoms. The lowest BCUT2D eigenvalue weighted by molar-refractivity contribution is -0.176. The molecule has 0 aliphatic carbocycles. The summed E-state index contributed by atoms with van der Waals surface area (Å²) in [4.78, 5) is 11.4. The van der Waals surface area contributed by atoms with Gasteiger partial charge in [-0.2, -0.15) is 13.2 Å². The number of alkyl halides is 3. The third-order valence-corrected chi connectivity index (χ3v) is 5.10. The highest BCUT2D eigenvalue weighted by molar-refractivity contribution is 14.0. The number of halogens is 4. The molecule has 1 fully saturated rings. The van der Waals surface area contributed by atoms with Gasteiger partial charge in [-0.25, -0.2) is 9.98 Å². The molecule has 0 saturated carbocycles. The number of rotatable bonds is 8. The van der Waals surface area contributed by atoms with Gasteiger partial charge in [-0.05, 0) is 43.0 Å². The fourth-order valence-corrected chi connectivity index (χ4v) is 3.58. The minimum absolute atomic E-state index is 0. The molecular formula is C23H31F3IN5O. The molecule has 0 amide bonds. The van der Waals surface area contributed by atoms with Gasteiger partial charge in [0, 0.05) is 31.9 Å². The Morgan fingerprint density at radius 3 is 2.58 bits per heavy atom. The van der Waals surface area contributed by atoms with Crippen LogP contribution in [0.3, 0.4) is 0 Å². The standard InChI is InChI=1S/C23H30F3N5O.HI/c1-2-27-22(30-20-9-12-31(13-10-20)21-8-3-4-11-28-21)29-15-18-6-5-7-19(14-18)16-32-17-23(24,25)26;/h3-8,11,14,20H,2,9-10,12-13,15-17H2,1H3,(H2,27,29,30);1H. The summed E-state index contributed by atoms with van der Waals surface area (Å²) in [7, 11) is 0. The van der Waals surface area contributed by atoms with Crippen LogP contribution in [-0.4, -0.2) is 49.4 Å². The molecule has 0 atom stereocenters. The van der Waals surface area contributed by atoms with Crippen LogP contribution in [-0.2, 0) is 17.9 Å². The van der Waals surface area contributed by atoms with Gasteiger partial charge >= 0.3 is 6.18 Å². The number of guanidine groups is 1. The Morgan fingerprint density at radius 1 is 1.15 bits per heavy atom. The second-order valence-corrected chi connectivity index (χ2v) is 7.72. The summed E-state index contributed by atoms with van der Waals surface area (Å²) in [5.41, 5.74) is 1.61. The van der Waals surface area contributed by atoms with E-state index < -0.39 is 12.8 Å². The van der Waals surface area contributed by atoms with Crippen LogP contribution in [0, 0.1) is 0 Å². The number of nitrogens with zero attached hydrogens (tertiary/aromatic N) is 3. The Kier molecular flexibility index (Phi) is 11.2. The van der Waals surface area contributed by atoms with E-state index in [2.05, 4.69) is 25.5 Å². The molecule has 1 aromatic heterocycles. The van der Waals surface area contributed by atoms with E-state index in [0.29, 0.717) is 18.2 Å². The van der Waals surface area contributed by atoms with Crippen LogP contribution >= 0.6 is 24.0 Å². The lowest BCUT2D eigenvalue weighted by Crippen LogP contribution is -2.48. The number of nitrogens with one attached hydrogen (secondary N) is 2. The molecule has 3 rings (SSSR count). The molecule has 1 aliphatic rings. The van der Waals surface area contributed by atoms with Gasteiger partial charge in [0.05, 0.1) is 13.2 Å². The summed E-state index contributed by atoms with van der Waals surface area (Å²) in [5.74, 6) is 1.74. The lowest BCUT2D eigenvalue weighted by atomic mass is 10.1. The summed E-state index contributed by atoms with van der Waals surface area (Å²) in [5, 5.41) is 6.78. The van der Waals surface area contributed by atoms with Crippen molar-refractivity contribution in [3.8, 4) is 0 Å². The summed E-state index contributed by atoms with van der Waals surface area (Å²) in [6, 6.07) is 13.6. The van der Waals surface area contributed by atoms with Crippen LogP contribution in [0.25, 0.3) is 0 Å². The summed E-state index contributed by atoms with van der Waals surface area (Å²) >= 11 is 0. The Balaban J connectivity index is 0.00000385. The number of hydrogen-bond acceptors (Lipinski definition) is 4. The third kappa shape index (κ3) is 9.75. The zero-order valence-corrected chi connectivity index (χ0v) is 21.0. The maximum atomic E-state index is 12.3. The monoisotopic (exact) mass is 577 g/mol. The maximum Gasteiger partial charge on any atom is 0.411 e. The van der Waals surface area contributed by atoms with Gasteiger partial charge in [-0.1, -0.05) is 30.3 Å². The van der Waals surface area contributed by atoms with Crippen LogP contribution in [0.2, 0.25) is 0 Å². The second-order valence-electron chi connectivity index (χ2n) is 7.72. The van der Waals surface area contributed by atoms with Gasteiger partial charge < -0.3 is 20.3 Å². The molecule has 182 valence electrons. The van der Waals surface area contributed by atoms with Gasteiger partial charge in [0.25, 0.3) is 0 Å². The van der Waals surface area contributed by atoms with Crippen molar-refractivity contribution in [3.63, 3.8) is 0 Å². The van der Waals surface area contributed by atoms with Crippen LogP contribution in [0.4, 0.5) is 19.0 Å². The highest BCUT2D eigenvalue weighted by Crippen LogP contribution is 2.18. The molecule has 0 unspecified atom stereocenters. The van der Waals surface area contributed by atoms with Crippen molar-refractivity contribution in [2.45, 2.75) is 45.1 Å². The lowest BCUT2D eigenvalue weighted by Gasteiger charge is -2.33. The zero-order chi connectivity index (χ0) is 22.8. The molecule has 1 aromatic carbocycles. The third-order valence-electron chi connectivity index (χ3n) is 5.10. The molecule has 33 heavy (non-hydrogen) atoms. The fraction of sp³-hybridized carbons (Fsp3) is 0.478. The average Bonchev–Trinajstić information content (AvgIpc) is 2.78. The molecular weight excluding hydrogens is 546 g/mol. The van der Waals surface area contributed by atoms with E-state index in [1.807, 2.05) is 49.5 Å². The first-order chi connectivity index (χ1) is 15.4. The van der Waals surface area contributed by atoms with E-state index in [4.69, 9.17) is 4.74 Å². The van der Waals surface area contributed by atoms with Crippen molar-refractivity contribution in [1.82, 2.24) is 15.6 Å². The van der Waals surface area contributed by atoms with E-state index in [0.717, 1.165) is 49.8 Å². The highest BCUT2D eigenvalue weighted by Gasteiger charge is 2.27. The van der Waals surface area contributed by atoms with Crippen molar-refractivity contribution < 1.29 is 17.9 Å². The molecule has 10 heteroatoms. The van der Waals surface area contributed by atoms with E-state index in [1.165, 1.54) is 0 Å². The molecule has 1 saturated heterocycles. The number of piperidine rings is 1.